The monoisotopic (exact) mass is 483 g/mol. The van der Waals surface area contributed by atoms with Crippen LogP contribution < -0.4 is 10.1 Å². The number of aryl methyl sites for hydroxylation is 2. The fourth-order valence-electron chi connectivity index (χ4n) is 3.84. The van der Waals surface area contributed by atoms with Crippen molar-refractivity contribution < 1.29 is 28.6 Å². The maximum Gasteiger partial charge on any atom is 0.302 e. The molecule has 0 bridgehead atoms. The molecule has 2 aromatic carbocycles. The number of benzene rings is 2. The van der Waals surface area contributed by atoms with Crippen LogP contribution in [0.15, 0.2) is 42.5 Å². The van der Waals surface area contributed by atoms with Crippen molar-refractivity contribution in [3.05, 3.63) is 53.6 Å². The standard InChI is InChI=1S/C28H37NO6/c1-6-7-15-33-26-11-12-27(20(2)16-26)25-10-8-9-24(17-25)13-14-28(29-21(3)30,18-34-22(4)31)19-35-23(5)32/h8-12,16-17H,6-7,13-15,18-19H2,1-5H3,(H,29,30). The minimum absolute atomic E-state index is 0.0898. The number of ether oxygens (including phenoxy) is 3. The van der Waals surface area contributed by atoms with Crippen LogP contribution in [0.5, 0.6) is 5.75 Å². The molecule has 7 heteroatoms. The van der Waals surface area contributed by atoms with Gasteiger partial charge in [0, 0.05) is 20.8 Å². The summed E-state index contributed by atoms with van der Waals surface area (Å²) in [5, 5.41) is 2.85. The van der Waals surface area contributed by atoms with Crippen molar-refractivity contribution in [2.24, 2.45) is 0 Å². The molecule has 0 saturated heterocycles. The van der Waals surface area contributed by atoms with Gasteiger partial charge in [-0.15, -0.1) is 0 Å². The maximum atomic E-state index is 11.9. The summed E-state index contributed by atoms with van der Waals surface area (Å²) in [6.45, 7) is 8.72. The molecule has 7 nitrogen and oxygen atoms in total. The number of unbranched alkanes of at least 4 members (excludes halogenated alkanes) is 1. The van der Waals surface area contributed by atoms with Crippen LogP contribution in [0.1, 0.15) is 58.1 Å². The molecule has 2 aromatic rings. The molecule has 0 heterocycles. The van der Waals surface area contributed by atoms with Gasteiger partial charge in [-0.2, -0.15) is 0 Å². The van der Waals surface area contributed by atoms with Crippen LogP contribution in [0.4, 0.5) is 0 Å². The van der Waals surface area contributed by atoms with Crippen LogP contribution in [0.2, 0.25) is 0 Å². The molecule has 0 spiro atoms. The minimum Gasteiger partial charge on any atom is -0.494 e. The third-order valence-corrected chi connectivity index (χ3v) is 5.64. The van der Waals surface area contributed by atoms with Crippen LogP contribution in [0, 0.1) is 6.92 Å². The lowest BCUT2D eigenvalue weighted by Gasteiger charge is -2.33. The smallest absolute Gasteiger partial charge is 0.302 e. The lowest BCUT2D eigenvalue weighted by atomic mass is 9.91. The number of esters is 2. The first-order valence-corrected chi connectivity index (χ1v) is 12.0. The van der Waals surface area contributed by atoms with E-state index >= 15 is 0 Å². The summed E-state index contributed by atoms with van der Waals surface area (Å²) in [5.41, 5.74) is 3.33. The first-order chi connectivity index (χ1) is 16.6. The highest BCUT2D eigenvalue weighted by Gasteiger charge is 2.34. The predicted octanol–water partition coefficient (Wildman–Crippen LogP) is 4.77. The number of carbonyl (C=O) groups is 3. The van der Waals surface area contributed by atoms with Gasteiger partial charge in [0.25, 0.3) is 0 Å². The lowest BCUT2D eigenvalue weighted by Crippen LogP contribution is -2.55. The molecule has 0 aliphatic rings. The summed E-state index contributed by atoms with van der Waals surface area (Å²) in [6.07, 6.45) is 3.11. The van der Waals surface area contributed by atoms with Gasteiger partial charge >= 0.3 is 11.9 Å². The van der Waals surface area contributed by atoms with E-state index in [0.29, 0.717) is 19.4 Å². The number of amides is 1. The van der Waals surface area contributed by atoms with E-state index in [0.717, 1.165) is 40.8 Å². The Kier molecular flexibility index (Phi) is 10.8. The fourth-order valence-corrected chi connectivity index (χ4v) is 3.84. The van der Waals surface area contributed by atoms with E-state index in [1.54, 1.807) is 0 Å². The zero-order chi connectivity index (χ0) is 25.8. The van der Waals surface area contributed by atoms with E-state index in [4.69, 9.17) is 14.2 Å². The van der Waals surface area contributed by atoms with Gasteiger partial charge in [-0.25, -0.2) is 0 Å². The number of hydrogen-bond acceptors (Lipinski definition) is 6. The van der Waals surface area contributed by atoms with Gasteiger partial charge in [-0.3, -0.25) is 14.4 Å². The third kappa shape index (κ3) is 9.43. The van der Waals surface area contributed by atoms with Gasteiger partial charge in [-0.1, -0.05) is 43.7 Å². The Balaban J connectivity index is 2.22. The highest BCUT2D eigenvalue weighted by molar-refractivity contribution is 5.74. The molecule has 0 fully saturated rings. The lowest BCUT2D eigenvalue weighted by molar-refractivity contribution is -0.150. The Hall–Kier alpha value is -3.35. The zero-order valence-electron chi connectivity index (χ0n) is 21.4. The Morgan fingerprint density at radius 3 is 2.20 bits per heavy atom. The van der Waals surface area contributed by atoms with E-state index in [2.05, 4.69) is 43.4 Å². The summed E-state index contributed by atoms with van der Waals surface area (Å²) in [5.74, 6) is -0.369. The Labute approximate surface area is 208 Å². The van der Waals surface area contributed by atoms with Crippen molar-refractivity contribution in [1.29, 1.82) is 0 Å². The fraction of sp³-hybridized carbons (Fsp3) is 0.464. The van der Waals surface area contributed by atoms with E-state index in [-0.39, 0.29) is 19.1 Å². The summed E-state index contributed by atoms with van der Waals surface area (Å²) in [7, 11) is 0. The molecule has 1 amide bonds. The summed E-state index contributed by atoms with van der Waals surface area (Å²) in [6, 6.07) is 14.3. The summed E-state index contributed by atoms with van der Waals surface area (Å²) >= 11 is 0. The minimum atomic E-state index is -1.02. The second-order valence-electron chi connectivity index (χ2n) is 8.90. The molecular formula is C28H37NO6. The van der Waals surface area contributed by atoms with Crippen molar-refractivity contribution in [2.45, 2.75) is 65.8 Å². The molecule has 0 aromatic heterocycles. The van der Waals surface area contributed by atoms with Gasteiger partial charge < -0.3 is 19.5 Å². The van der Waals surface area contributed by atoms with E-state index in [9.17, 15) is 14.4 Å². The number of carbonyl (C=O) groups excluding carboxylic acids is 3. The van der Waals surface area contributed by atoms with Gasteiger partial charge in [0.15, 0.2) is 0 Å². The topological polar surface area (TPSA) is 90.9 Å². The van der Waals surface area contributed by atoms with Crippen LogP contribution in [0.3, 0.4) is 0 Å². The highest BCUT2D eigenvalue weighted by Crippen LogP contribution is 2.28. The quantitative estimate of drug-likeness (QED) is 0.326. The number of nitrogens with one attached hydrogen (secondary N) is 1. The number of hydrogen-bond donors (Lipinski definition) is 1. The predicted molar refractivity (Wildman–Crippen MR) is 135 cm³/mol. The van der Waals surface area contributed by atoms with Crippen molar-refractivity contribution in [3.8, 4) is 16.9 Å². The summed E-state index contributed by atoms with van der Waals surface area (Å²) in [4.78, 5) is 34.9. The van der Waals surface area contributed by atoms with E-state index in [1.807, 2.05) is 18.2 Å². The maximum absolute atomic E-state index is 11.9. The second kappa shape index (κ2) is 13.5. The molecule has 0 aliphatic carbocycles. The van der Waals surface area contributed by atoms with Crippen LogP contribution in [-0.4, -0.2) is 43.2 Å². The van der Waals surface area contributed by atoms with Crippen LogP contribution in [-0.2, 0) is 30.3 Å². The number of rotatable bonds is 13. The normalized spacial score (nSPS) is 11.0. The zero-order valence-corrected chi connectivity index (χ0v) is 21.4. The molecule has 0 unspecified atom stereocenters. The molecule has 190 valence electrons. The molecule has 1 N–H and O–H groups in total. The van der Waals surface area contributed by atoms with Crippen LogP contribution >= 0.6 is 0 Å². The van der Waals surface area contributed by atoms with Crippen molar-refractivity contribution >= 4 is 17.8 Å². The largest absolute Gasteiger partial charge is 0.494 e. The van der Waals surface area contributed by atoms with E-state index < -0.39 is 17.5 Å². The van der Waals surface area contributed by atoms with Gasteiger partial charge in [0.2, 0.25) is 5.91 Å². The molecule has 2 rings (SSSR count). The van der Waals surface area contributed by atoms with Gasteiger partial charge in [-0.05, 0) is 60.6 Å². The molecule has 0 atom stereocenters. The Morgan fingerprint density at radius 2 is 1.63 bits per heavy atom. The second-order valence-corrected chi connectivity index (χ2v) is 8.90. The summed E-state index contributed by atoms with van der Waals surface area (Å²) < 4.78 is 16.3. The van der Waals surface area contributed by atoms with Gasteiger partial charge in [0.1, 0.15) is 24.5 Å². The molecule has 0 aliphatic heterocycles. The molecule has 0 saturated carbocycles. The van der Waals surface area contributed by atoms with E-state index in [1.165, 1.54) is 20.8 Å². The average molecular weight is 484 g/mol. The van der Waals surface area contributed by atoms with Gasteiger partial charge in [0.05, 0.1) is 6.61 Å². The Morgan fingerprint density at radius 1 is 0.943 bits per heavy atom. The highest BCUT2D eigenvalue weighted by atomic mass is 16.5. The van der Waals surface area contributed by atoms with Crippen molar-refractivity contribution in [3.63, 3.8) is 0 Å². The molecular weight excluding hydrogens is 446 g/mol. The van der Waals surface area contributed by atoms with Crippen LogP contribution in [0.25, 0.3) is 11.1 Å². The molecule has 0 radical (unpaired) electrons. The first kappa shape index (κ1) is 27.9. The van der Waals surface area contributed by atoms with Crippen molar-refractivity contribution in [1.82, 2.24) is 5.32 Å². The third-order valence-electron chi connectivity index (χ3n) is 5.64. The first-order valence-electron chi connectivity index (χ1n) is 12.0. The Bertz CT molecular complexity index is 998. The SMILES string of the molecule is CCCCOc1ccc(-c2cccc(CCC(COC(C)=O)(COC(C)=O)NC(C)=O)c2)c(C)c1. The molecule has 35 heavy (non-hydrogen) atoms. The van der Waals surface area contributed by atoms with Crippen molar-refractivity contribution in [2.75, 3.05) is 19.8 Å². The average Bonchev–Trinajstić information content (AvgIpc) is 2.80.